The van der Waals surface area contributed by atoms with Crippen LogP contribution in [0.5, 0.6) is 0 Å². The molecule has 2 aliphatic rings. The van der Waals surface area contributed by atoms with Crippen molar-refractivity contribution in [2.24, 2.45) is 5.92 Å². The first-order valence-corrected chi connectivity index (χ1v) is 9.12. The number of anilines is 1. The minimum absolute atomic E-state index is 0.0770. The normalized spacial score (nSPS) is 22.7. The molecular weight excluding hydrogens is 334 g/mol. The number of fused-ring (bicyclic) bond motifs is 3. The lowest BCUT2D eigenvalue weighted by Crippen LogP contribution is -2.37. The van der Waals surface area contributed by atoms with E-state index in [1.165, 1.54) is 16.5 Å². The summed E-state index contributed by atoms with van der Waals surface area (Å²) in [5, 5.41) is 18.1. The summed E-state index contributed by atoms with van der Waals surface area (Å²) < 4.78 is 0. The maximum absolute atomic E-state index is 12.6. The Morgan fingerprint density at radius 1 is 1.30 bits per heavy atom. The topological polar surface area (TPSA) is 84.3 Å². The van der Waals surface area contributed by atoms with Crippen molar-refractivity contribution in [1.82, 2.24) is 5.32 Å². The van der Waals surface area contributed by atoms with Gasteiger partial charge in [-0.05, 0) is 36.8 Å². The van der Waals surface area contributed by atoms with E-state index in [9.17, 15) is 14.9 Å². The fraction of sp³-hybridized carbons (Fsp3) is 0.400. The fourth-order valence-corrected chi connectivity index (χ4v) is 5.46. The first kappa shape index (κ1) is 14.6. The van der Waals surface area contributed by atoms with Gasteiger partial charge in [0.25, 0.3) is 5.91 Å². The summed E-state index contributed by atoms with van der Waals surface area (Å²) in [7, 11) is 0. The van der Waals surface area contributed by atoms with Gasteiger partial charge in [-0.15, -0.1) is 11.3 Å². The second-order valence-corrected chi connectivity index (χ2v) is 8.24. The standard InChI is InChI=1S/C15H15N3O3S2/c1-7-2-3-8-10(6-7)23-15-12(8)14(19)16-13(17-15)9-4-5-11(22-9)18(20)21/h4-5,7,13,17H,2-3,6H2,1H3,(H,16,19). The molecule has 1 aliphatic heterocycles. The Morgan fingerprint density at radius 2 is 2.13 bits per heavy atom. The first-order valence-electron chi connectivity index (χ1n) is 7.49. The van der Waals surface area contributed by atoms with E-state index < -0.39 is 11.1 Å². The van der Waals surface area contributed by atoms with Crippen LogP contribution in [0, 0.1) is 16.0 Å². The summed E-state index contributed by atoms with van der Waals surface area (Å²) in [6, 6.07) is 3.17. The van der Waals surface area contributed by atoms with Gasteiger partial charge in [-0.25, -0.2) is 0 Å². The van der Waals surface area contributed by atoms with Gasteiger partial charge in [-0.1, -0.05) is 18.3 Å². The molecule has 0 aromatic carbocycles. The number of nitro groups is 1. The van der Waals surface area contributed by atoms with Gasteiger partial charge in [0.05, 0.1) is 15.4 Å². The SMILES string of the molecule is CC1CCc2c(sc3c2C(=O)NC(c2ccc([N+](=O)[O-])s2)N3)C1. The summed E-state index contributed by atoms with van der Waals surface area (Å²) in [4.78, 5) is 25.0. The van der Waals surface area contributed by atoms with Gasteiger partial charge in [0.2, 0.25) is 0 Å². The molecule has 0 fully saturated rings. The summed E-state index contributed by atoms with van der Waals surface area (Å²) >= 11 is 2.74. The van der Waals surface area contributed by atoms with Gasteiger partial charge >= 0.3 is 5.00 Å². The van der Waals surface area contributed by atoms with Crippen LogP contribution in [0.2, 0.25) is 0 Å². The van der Waals surface area contributed by atoms with Crippen LogP contribution in [0.3, 0.4) is 0 Å². The highest BCUT2D eigenvalue weighted by Gasteiger charge is 2.33. The van der Waals surface area contributed by atoms with Crippen LogP contribution < -0.4 is 10.6 Å². The van der Waals surface area contributed by atoms with E-state index in [-0.39, 0.29) is 10.9 Å². The van der Waals surface area contributed by atoms with E-state index in [0.29, 0.717) is 5.92 Å². The third-order valence-corrected chi connectivity index (χ3v) is 6.65. The Bertz CT molecular complexity index is 811. The van der Waals surface area contributed by atoms with Crippen LogP contribution >= 0.6 is 22.7 Å². The van der Waals surface area contributed by atoms with Gasteiger partial charge in [-0.2, -0.15) is 0 Å². The number of nitrogens with one attached hydrogen (secondary N) is 2. The van der Waals surface area contributed by atoms with E-state index >= 15 is 0 Å². The fourth-order valence-electron chi connectivity index (χ4n) is 3.20. The molecule has 1 aliphatic carbocycles. The lowest BCUT2D eigenvalue weighted by molar-refractivity contribution is -0.380. The second kappa shape index (κ2) is 5.31. The largest absolute Gasteiger partial charge is 0.352 e. The number of nitrogens with zero attached hydrogens (tertiary/aromatic N) is 1. The van der Waals surface area contributed by atoms with Crippen molar-refractivity contribution in [2.75, 3.05) is 5.32 Å². The van der Waals surface area contributed by atoms with Crippen LogP contribution in [-0.4, -0.2) is 10.8 Å². The molecule has 0 saturated carbocycles. The molecule has 120 valence electrons. The van der Waals surface area contributed by atoms with Crippen LogP contribution in [-0.2, 0) is 12.8 Å². The Morgan fingerprint density at radius 3 is 2.87 bits per heavy atom. The van der Waals surface area contributed by atoms with Crippen LogP contribution in [0.4, 0.5) is 10.0 Å². The molecule has 1 amide bonds. The average Bonchev–Trinajstić information content (AvgIpc) is 3.10. The third-order valence-electron chi connectivity index (χ3n) is 4.37. The molecule has 0 saturated heterocycles. The minimum atomic E-state index is -0.407. The van der Waals surface area contributed by atoms with Gasteiger partial charge in [-0.3, -0.25) is 14.9 Å². The number of rotatable bonds is 2. The van der Waals surface area contributed by atoms with Crippen molar-refractivity contribution in [3.8, 4) is 0 Å². The number of amides is 1. The number of hydrogen-bond donors (Lipinski definition) is 2. The molecule has 2 unspecified atom stereocenters. The Kier molecular flexibility index (Phi) is 3.38. The monoisotopic (exact) mass is 349 g/mol. The zero-order valence-corrected chi connectivity index (χ0v) is 14.1. The second-order valence-electron chi connectivity index (χ2n) is 6.04. The number of carbonyl (C=O) groups excluding carboxylic acids is 1. The first-order chi connectivity index (χ1) is 11.0. The number of thiophene rings is 2. The molecular formula is C15H15N3O3S2. The van der Waals surface area contributed by atoms with Crippen LogP contribution in [0.15, 0.2) is 12.1 Å². The molecule has 23 heavy (non-hydrogen) atoms. The maximum atomic E-state index is 12.6. The lowest BCUT2D eigenvalue weighted by Gasteiger charge is -2.25. The van der Waals surface area contributed by atoms with Crippen LogP contribution in [0.25, 0.3) is 0 Å². The summed E-state index contributed by atoms with van der Waals surface area (Å²) in [5.74, 6) is 0.577. The molecule has 2 N–H and O–H groups in total. The Labute approximate surface area is 140 Å². The summed E-state index contributed by atoms with van der Waals surface area (Å²) in [6.07, 6.45) is 2.69. The molecule has 0 spiro atoms. The molecule has 2 atom stereocenters. The van der Waals surface area contributed by atoms with E-state index in [4.69, 9.17) is 0 Å². The predicted molar refractivity (Wildman–Crippen MR) is 90.3 cm³/mol. The Hall–Kier alpha value is -1.93. The van der Waals surface area contributed by atoms with Gasteiger partial charge in [0.15, 0.2) is 0 Å². The van der Waals surface area contributed by atoms with E-state index in [0.717, 1.165) is 46.0 Å². The zero-order valence-electron chi connectivity index (χ0n) is 12.4. The zero-order chi connectivity index (χ0) is 16.1. The summed E-state index contributed by atoms with van der Waals surface area (Å²) in [6.45, 7) is 2.24. The van der Waals surface area contributed by atoms with Gasteiger partial charge in [0, 0.05) is 10.9 Å². The predicted octanol–water partition coefficient (Wildman–Crippen LogP) is 3.70. The van der Waals surface area contributed by atoms with E-state index in [1.807, 2.05) is 0 Å². The smallest absolute Gasteiger partial charge is 0.324 e. The molecule has 2 aromatic heterocycles. The third kappa shape index (κ3) is 2.42. The van der Waals surface area contributed by atoms with Crippen molar-refractivity contribution in [2.45, 2.75) is 32.4 Å². The molecule has 8 heteroatoms. The molecule has 4 rings (SSSR count). The average molecular weight is 349 g/mol. The molecule has 6 nitrogen and oxygen atoms in total. The number of carbonyl (C=O) groups is 1. The quantitative estimate of drug-likeness (QED) is 0.639. The Balaban J connectivity index is 1.67. The van der Waals surface area contributed by atoms with Gasteiger partial charge < -0.3 is 10.6 Å². The lowest BCUT2D eigenvalue weighted by atomic mass is 9.88. The molecule has 3 heterocycles. The number of hydrogen-bond acceptors (Lipinski definition) is 6. The van der Waals surface area contributed by atoms with Crippen molar-refractivity contribution in [1.29, 1.82) is 0 Å². The maximum Gasteiger partial charge on any atom is 0.324 e. The highest BCUT2D eigenvalue weighted by atomic mass is 32.1. The van der Waals surface area contributed by atoms with Crippen molar-refractivity contribution in [3.63, 3.8) is 0 Å². The molecule has 0 radical (unpaired) electrons. The van der Waals surface area contributed by atoms with Crippen molar-refractivity contribution < 1.29 is 9.72 Å². The molecule has 2 aromatic rings. The molecule has 0 bridgehead atoms. The van der Waals surface area contributed by atoms with Crippen molar-refractivity contribution in [3.05, 3.63) is 43.1 Å². The van der Waals surface area contributed by atoms with E-state index in [2.05, 4.69) is 17.6 Å². The minimum Gasteiger partial charge on any atom is -0.352 e. The highest BCUT2D eigenvalue weighted by Crippen LogP contribution is 2.43. The van der Waals surface area contributed by atoms with Crippen LogP contribution in [0.1, 0.15) is 45.2 Å². The highest BCUT2D eigenvalue weighted by molar-refractivity contribution is 7.17. The van der Waals surface area contributed by atoms with E-state index in [1.54, 1.807) is 17.4 Å². The summed E-state index contributed by atoms with van der Waals surface area (Å²) in [5.41, 5.74) is 1.96. The van der Waals surface area contributed by atoms with Gasteiger partial charge in [0.1, 0.15) is 11.2 Å². The van der Waals surface area contributed by atoms with Crippen molar-refractivity contribution >= 4 is 38.6 Å².